The monoisotopic (exact) mass is 242 g/mol. The quantitative estimate of drug-likeness (QED) is 0.823. The van der Waals surface area contributed by atoms with Crippen LogP contribution in [0.2, 0.25) is 0 Å². The minimum absolute atomic E-state index is 0.0639. The second kappa shape index (κ2) is 6.28. The fourth-order valence-electron chi connectivity index (χ4n) is 1.48. The summed E-state index contributed by atoms with van der Waals surface area (Å²) in [6, 6.07) is 20.1. The van der Waals surface area contributed by atoms with Crippen LogP contribution < -0.4 is 0 Å². The molecule has 0 aliphatic rings. The van der Waals surface area contributed by atoms with Crippen LogP contribution in [0.25, 0.3) is 6.08 Å². The molecule has 1 nitrogen and oxygen atoms in total. The van der Waals surface area contributed by atoms with Crippen molar-refractivity contribution in [2.75, 3.05) is 6.61 Å². The lowest BCUT2D eigenvalue weighted by Crippen LogP contribution is -1.85. The Labute approximate surface area is 106 Å². The van der Waals surface area contributed by atoms with E-state index < -0.39 is 0 Å². The standard InChI is InChI=1S/C15H14OS/c16-12-15(11-13-7-3-1-4-8-13)17-14-9-5-2-6-10-14/h1-11,16H,12H2/b15-11+. The highest BCUT2D eigenvalue weighted by atomic mass is 32.2. The summed E-state index contributed by atoms with van der Waals surface area (Å²) in [6.07, 6.45) is 2.01. The molecule has 2 aromatic rings. The largest absolute Gasteiger partial charge is 0.391 e. The highest BCUT2D eigenvalue weighted by molar-refractivity contribution is 8.03. The van der Waals surface area contributed by atoms with Gasteiger partial charge in [0.2, 0.25) is 0 Å². The van der Waals surface area contributed by atoms with Crippen LogP contribution in [0.1, 0.15) is 5.56 Å². The Hall–Kier alpha value is -1.51. The molecule has 0 atom stereocenters. The number of hydrogen-bond acceptors (Lipinski definition) is 2. The fourth-order valence-corrected chi connectivity index (χ4v) is 2.34. The summed E-state index contributed by atoms with van der Waals surface area (Å²) >= 11 is 1.59. The summed E-state index contributed by atoms with van der Waals surface area (Å²) in [7, 11) is 0. The molecule has 0 saturated carbocycles. The van der Waals surface area contributed by atoms with E-state index in [1.807, 2.05) is 66.7 Å². The molecule has 1 N–H and O–H groups in total. The zero-order chi connectivity index (χ0) is 11.9. The first-order valence-corrected chi connectivity index (χ1v) is 6.29. The van der Waals surface area contributed by atoms with Gasteiger partial charge in [-0.3, -0.25) is 0 Å². The van der Waals surface area contributed by atoms with Gasteiger partial charge in [0.25, 0.3) is 0 Å². The summed E-state index contributed by atoms with van der Waals surface area (Å²) in [4.78, 5) is 2.09. The maximum absolute atomic E-state index is 9.36. The van der Waals surface area contributed by atoms with Gasteiger partial charge in [-0.15, -0.1) is 0 Å². The lowest BCUT2D eigenvalue weighted by molar-refractivity contribution is 0.340. The molecule has 86 valence electrons. The lowest BCUT2D eigenvalue weighted by Gasteiger charge is -2.04. The fraction of sp³-hybridized carbons (Fsp3) is 0.0667. The van der Waals surface area contributed by atoms with Gasteiger partial charge in [-0.05, 0) is 23.8 Å². The molecule has 0 aromatic heterocycles. The van der Waals surface area contributed by atoms with Crippen molar-refractivity contribution in [3.05, 3.63) is 71.1 Å². The Kier molecular flexibility index (Phi) is 4.42. The van der Waals surface area contributed by atoms with E-state index in [1.54, 1.807) is 11.8 Å². The summed E-state index contributed by atoms with van der Waals surface area (Å²) in [5.41, 5.74) is 1.11. The molecule has 17 heavy (non-hydrogen) atoms. The van der Waals surface area contributed by atoms with Gasteiger partial charge in [0, 0.05) is 9.80 Å². The average molecular weight is 242 g/mol. The average Bonchev–Trinajstić information content (AvgIpc) is 2.40. The molecule has 2 aromatic carbocycles. The summed E-state index contributed by atoms with van der Waals surface area (Å²) in [5, 5.41) is 9.36. The first-order chi connectivity index (χ1) is 8.38. The Morgan fingerprint density at radius 2 is 1.53 bits per heavy atom. The minimum Gasteiger partial charge on any atom is -0.391 e. The van der Waals surface area contributed by atoms with Crippen molar-refractivity contribution in [1.82, 2.24) is 0 Å². The molecule has 0 amide bonds. The topological polar surface area (TPSA) is 20.2 Å². The Bertz CT molecular complexity index is 477. The van der Waals surface area contributed by atoms with Crippen LogP contribution in [0.5, 0.6) is 0 Å². The van der Waals surface area contributed by atoms with Crippen molar-refractivity contribution in [2.45, 2.75) is 4.90 Å². The zero-order valence-electron chi connectivity index (χ0n) is 9.41. The first kappa shape index (κ1) is 12.0. The third-order valence-electron chi connectivity index (χ3n) is 2.28. The Morgan fingerprint density at radius 1 is 0.941 bits per heavy atom. The van der Waals surface area contributed by atoms with Gasteiger partial charge in [-0.2, -0.15) is 0 Å². The highest BCUT2D eigenvalue weighted by Crippen LogP contribution is 2.27. The summed E-state index contributed by atoms with van der Waals surface area (Å²) < 4.78 is 0. The van der Waals surface area contributed by atoms with E-state index in [4.69, 9.17) is 0 Å². The maximum Gasteiger partial charge on any atom is 0.0744 e. The van der Waals surface area contributed by atoms with Gasteiger partial charge in [-0.25, -0.2) is 0 Å². The number of rotatable bonds is 4. The Balaban J connectivity index is 2.15. The number of aliphatic hydroxyl groups is 1. The van der Waals surface area contributed by atoms with Crippen LogP contribution in [0.3, 0.4) is 0 Å². The molecule has 0 spiro atoms. The summed E-state index contributed by atoms with van der Waals surface area (Å²) in [6.45, 7) is 0.0639. The van der Waals surface area contributed by atoms with E-state index in [1.165, 1.54) is 0 Å². The number of hydrogen-bond donors (Lipinski definition) is 1. The van der Waals surface area contributed by atoms with Gasteiger partial charge in [-0.1, -0.05) is 60.3 Å². The smallest absolute Gasteiger partial charge is 0.0744 e. The second-order valence-electron chi connectivity index (χ2n) is 3.59. The van der Waals surface area contributed by atoms with Crippen LogP contribution >= 0.6 is 11.8 Å². The third-order valence-corrected chi connectivity index (χ3v) is 3.29. The van der Waals surface area contributed by atoms with E-state index in [-0.39, 0.29) is 6.61 Å². The zero-order valence-corrected chi connectivity index (χ0v) is 10.2. The normalized spacial score (nSPS) is 11.5. The predicted octanol–water partition coefficient (Wildman–Crippen LogP) is 3.81. The number of aliphatic hydroxyl groups excluding tert-OH is 1. The van der Waals surface area contributed by atoms with Gasteiger partial charge in [0.05, 0.1) is 6.61 Å². The maximum atomic E-state index is 9.36. The van der Waals surface area contributed by atoms with Crippen molar-refractivity contribution in [2.24, 2.45) is 0 Å². The van der Waals surface area contributed by atoms with Crippen molar-refractivity contribution < 1.29 is 5.11 Å². The van der Waals surface area contributed by atoms with E-state index >= 15 is 0 Å². The molecule has 0 fully saturated rings. The molecule has 0 radical (unpaired) electrons. The summed E-state index contributed by atoms with van der Waals surface area (Å²) in [5.74, 6) is 0. The van der Waals surface area contributed by atoms with E-state index in [0.717, 1.165) is 15.4 Å². The molecule has 0 heterocycles. The predicted molar refractivity (Wildman–Crippen MR) is 73.8 cm³/mol. The van der Waals surface area contributed by atoms with Crippen LogP contribution in [-0.4, -0.2) is 11.7 Å². The van der Waals surface area contributed by atoms with Gasteiger partial charge < -0.3 is 5.11 Å². The van der Waals surface area contributed by atoms with Gasteiger partial charge in [0.15, 0.2) is 0 Å². The lowest BCUT2D eigenvalue weighted by atomic mass is 10.2. The molecule has 0 aliphatic carbocycles. The molecule has 0 bridgehead atoms. The second-order valence-corrected chi connectivity index (χ2v) is 4.79. The van der Waals surface area contributed by atoms with Crippen LogP contribution in [-0.2, 0) is 0 Å². The van der Waals surface area contributed by atoms with Crippen LogP contribution in [0.4, 0.5) is 0 Å². The van der Waals surface area contributed by atoms with Crippen molar-refractivity contribution >= 4 is 17.8 Å². The third kappa shape index (κ3) is 3.77. The van der Waals surface area contributed by atoms with E-state index in [0.29, 0.717) is 0 Å². The molecular weight excluding hydrogens is 228 g/mol. The SMILES string of the molecule is OC/C(=C\c1ccccc1)Sc1ccccc1. The van der Waals surface area contributed by atoms with Crippen molar-refractivity contribution in [1.29, 1.82) is 0 Å². The van der Waals surface area contributed by atoms with Crippen molar-refractivity contribution in [3.63, 3.8) is 0 Å². The Morgan fingerprint density at radius 3 is 2.12 bits per heavy atom. The minimum atomic E-state index is 0.0639. The van der Waals surface area contributed by atoms with Crippen LogP contribution in [0, 0.1) is 0 Å². The van der Waals surface area contributed by atoms with Crippen LogP contribution in [0.15, 0.2) is 70.5 Å². The molecule has 2 rings (SSSR count). The number of benzene rings is 2. The number of thioether (sulfide) groups is 1. The first-order valence-electron chi connectivity index (χ1n) is 5.48. The molecule has 0 saturated heterocycles. The van der Waals surface area contributed by atoms with Gasteiger partial charge >= 0.3 is 0 Å². The molecule has 0 aliphatic heterocycles. The molecule has 0 unspecified atom stereocenters. The van der Waals surface area contributed by atoms with Gasteiger partial charge in [0.1, 0.15) is 0 Å². The van der Waals surface area contributed by atoms with Crippen molar-refractivity contribution in [3.8, 4) is 0 Å². The molecular formula is C15H14OS. The van der Waals surface area contributed by atoms with E-state index in [2.05, 4.69) is 0 Å². The highest BCUT2D eigenvalue weighted by Gasteiger charge is 1.99. The van der Waals surface area contributed by atoms with E-state index in [9.17, 15) is 5.11 Å². The molecule has 2 heteroatoms.